The number of ether oxygens (including phenoxy) is 4. The minimum absolute atomic E-state index is 0.0153. The predicted molar refractivity (Wildman–Crippen MR) is 178 cm³/mol. The molecule has 0 saturated carbocycles. The highest BCUT2D eigenvalue weighted by Gasteiger charge is 2.39. The lowest BCUT2D eigenvalue weighted by Gasteiger charge is -2.37. The highest BCUT2D eigenvalue weighted by molar-refractivity contribution is 5.91. The number of aliphatic hydroxyl groups excluding tert-OH is 2. The lowest BCUT2D eigenvalue weighted by atomic mass is 9.80. The first-order chi connectivity index (χ1) is 23.2. The molecule has 2 aromatic heterocycles. The zero-order chi connectivity index (χ0) is 34.3. The molecular weight excluding hydrogens is 618 g/mol. The van der Waals surface area contributed by atoms with Crippen LogP contribution in [0.4, 0.5) is 5.95 Å². The molecule has 0 spiro atoms. The molecule has 0 fully saturated rings. The molecule has 0 radical (unpaired) electrons. The van der Waals surface area contributed by atoms with Crippen LogP contribution in [0.15, 0.2) is 90.0 Å². The number of imidazole rings is 1. The standard InChI is InChI=1S/C35H39N5O8/c1-22(2)32(43)38-34-37-31-30(33(44)39-34)36-21-40(31)29(19-42)48-28(18-41)20-47-35(23-8-6-5-7-9-23,24-10-14-26(45-3)15-11-24)25-12-16-27(46-4)17-13-25/h5-17,21-22,28-29,41-42H,18-20H2,1-4H3,(H2,37,38,39,43,44)/t28-,29+/m0/s1. The highest BCUT2D eigenvalue weighted by atomic mass is 16.6. The number of fused-ring (bicyclic) bond motifs is 1. The topological polar surface area (TPSA) is 170 Å². The number of anilines is 1. The number of aromatic nitrogens is 4. The third-order valence-electron chi connectivity index (χ3n) is 7.88. The summed E-state index contributed by atoms with van der Waals surface area (Å²) < 4.78 is 25.2. The van der Waals surface area contributed by atoms with Gasteiger partial charge in [0.2, 0.25) is 11.9 Å². The number of amides is 1. The molecule has 5 aromatic rings. The van der Waals surface area contributed by atoms with Crippen molar-refractivity contribution >= 4 is 23.0 Å². The van der Waals surface area contributed by atoms with E-state index in [4.69, 9.17) is 18.9 Å². The lowest BCUT2D eigenvalue weighted by Crippen LogP contribution is -2.38. The Morgan fingerprint density at radius 3 is 2.00 bits per heavy atom. The number of nitrogens with one attached hydrogen (secondary N) is 2. The monoisotopic (exact) mass is 657 g/mol. The second-order valence-corrected chi connectivity index (χ2v) is 11.3. The fraction of sp³-hybridized carbons (Fsp3) is 0.314. The molecule has 0 unspecified atom stereocenters. The van der Waals surface area contributed by atoms with E-state index in [0.717, 1.165) is 16.7 Å². The van der Waals surface area contributed by atoms with Gasteiger partial charge in [0.15, 0.2) is 17.4 Å². The number of methoxy groups -OCH3 is 2. The van der Waals surface area contributed by atoms with Gasteiger partial charge in [-0.3, -0.25) is 24.5 Å². The highest BCUT2D eigenvalue weighted by Crippen LogP contribution is 2.42. The molecule has 0 saturated heterocycles. The van der Waals surface area contributed by atoms with Crippen molar-refractivity contribution in [3.8, 4) is 11.5 Å². The third-order valence-corrected chi connectivity index (χ3v) is 7.88. The van der Waals surface area contributed by atoms with Crippen molar-refractivity contribution in [2.45, 2.75) is 31.8 Å². The van der Waals surface area contributed by atoms with Crippen LogP contribution in [0.2, 0.25) is 0 Å². The van der Waals surface area contributed by atoms with Gasteiger partial charge in [-0.2, -0.15) is 4.98 Å². The summed E-state index contributed by atoms with van der Waals surface area (Å²) in [6.45, 7) is 2.27. The molecule has 0 bridgehead atoms. The van der Waals surface area contributed by atoms with Crippen LogP contribution >= 0.6 is 0 Å². The van der Waals surface area contributed by atoms with Crippen molar-refractivity contribution in [3.05, 3.63) is 112 Å². The summed E-state index contributed by atoms with van der Waals surface area (Å²) in [5, 5.41) is 23.5. The molecule has 13 heteroatoms. The predicted octanol–water partition coefficient (Wildman–Crippen LogP) is 3.61. The number of carbonyl (C=O) groups is 1. The van der Waals surface area contributed by atoms with E-state index in [9.17, 15) is 19.8 Å². The van der Waals surface area contributed by atoms with E-state index in [1.807, 2.05) is 78.9 Å². The van der Waals surface area contributed by atoms with E-state index < -0.39 is 36.7 Å². The second-order valence-electron chi connectivity index (χ2n) is 11.3. The summed E-state index contributed by atoms with van der Waals surface area (Å²) in [6.07, 6.45) is -0.770. The maximum atomic E-state index is 12.7. The molecule has 13 nitrogen and oxygen atoms in total. The number of nitrogens with zero attached hydrogens (tertiary/aromatic N) is 3. The number of aromatic amines is 1. The van der Waals surface area contributed by atoms with Gasteiger partial charge in [-0.1, -0.05) is 68.4 Å². The molecule has 2 atom stereocenters. The van der Waals surface area contributed by atoms with Gasteiger partial charge in [-0.25, -0.2) is 4.98 Å². The second kappa shape index (κ2) is 15.2. The smallest absolute Gasteiger partial charge is 0.280 e. The summed E-state index contributed by atoms with van der Waals surface area (Å²) in [7, 11) is 3.19. The van der Waals surface area contributed by atoms with Gasteiger partial charge in [0.05, 0.1) is 40.4 Å². The van der Waals surface area contributed by atoms with Gasteiger partial charge in [-0.05, 0) is 41.0 Å². The van der Waals surface area contributed by atoms with Crippen LogP contribution in [-0.4, -0.2) is 75.8 Å². The minimum Gasteiger partial charge on any atom is -0.497 e. The van der Waals surface area contributed by atoms with Crippen LogP contribution in [0.25, 0.3) is 11.2 Å². The summed E-state index contributed by atoms with van der Waals surface area (Å²) in [6, 6.07) is 24.7. The van der Waals surface area contributed by atoms with E-state index >= 15 is 0 Å². The fourth-order valence-corrected chi connectivity index (χ4v) is 5.30. The minimum atomic E-state index is -1.18. The van der Waals surface area contributed by atoms with E-state index in [2.05, 4.69) is 20.3 Å². The Morgan fingerprint density at radius 1 is 0.896 bits per heavy atom. The van der Waals surface area contributed by atoms with Crippen LogP contribution in [0.3, 0.4) is 0 Å². The van der Waals surface area contributed by atoms with Gasteiger partial charge >= 0.3 is 0 Å². The Morgan fingerprint density at radius 2 is 1.48 bits per heavy atom. The van der Waals surface area contributed by atoms with Crippen molar-refractivity contribution in [1.82, 2.24) is 19.5 Å². The van der Waals surface area contributed by atoms with Crippen molar-refractivity contribution in [3.63, 3.8) is 0 Å². The number of hydrogen-bond donors (Lipinski definition) is 4. The van der Waals surface area contributed by atoms with Gasteiger partial charge in [0, 0.05) is 5.92 Å². The number of hydrogen-bond acceptors (Lipinski definition) is 10. The Labute approximate surface area is 277 Å². The number of benzene rings is 3. The van der Waals surface area contributed by atoms with E-state index in [1.54, 1.807) is 28.1 Å². The molecule has 0 aliphatic carbocycles. The number of aliphatic hydroxyl groups is 2. The largest absolute Gasteiger partial charge is 0.497 e. The average Bonchev–Trinajstić information content (AvgIpc) is 3.55. The van der Waals surface area contributed by atoms with Gasteiger partial charge in [0.1, 0.15) is 23.2 Å². The molecule has 2 heterocycles. The van der Waals surface area contributed by atoms with E-state index in [1.165, 1.54) is 10.9 Å². The lowest BCUT2D eigenvalue weighted by molar-refractivity contribution is -0.136. The van der Waals surface area contributed by atoms with Crippen molar-refractivity contribution < 1.29 is 34.0 Å². The number of H-pyrrole nitrogens is 1. The first-order valence-corrected chi connectivity index (χ1v) is 15.4. The van der Waals surface area contributed by atoms with Crippen LogP contribution < -0.4 is 20.3 Å². The molecule has 252 valence electrons. The molecular formula is C35H39N5O8. The number of rotatable bonds is 15. The summed E-state index contributed by atoms with van der Waals surface area (Å²) in [5.74, 6) is 0.577. The quantitative estimate of drug-likeness (QED) is 0.122. The molecule has 1 amide bonds. The summed E-state index contributed by atoms with van der Waals surface area (Å²) >= 11 is 0. The molecule has 5 rings (SSSR count). The van der Waals surface area contributed by atoms with Gasteiger partial charge in [0.25, 0.3) is 5.56 Å². The summed E-state index contributed by atoms with van der Waals surface area (Å²) in [4.78, 5) is 36.0. The van der Waals surface area contributed by atoms with Crippen LogP contribution in [0.5, 0.6) is 11.5 Å². The first-order valence-electron chi connectivity index (χ1n) is 15.4. The summed E-state index contributed by atoms with van der Waals surface area (Å²) in [5.41, 5.74) is 0.692. The SMILES string of the molecule is COc1ccc(C(OC[C@H](CO)O[C@H](CO)n2cnc3c(=O)[nH]c(NC(=O)C(C)C)nc32)(c2ccccc2)c2ccc(OC)cc2)cc1. The maximum absolute atomic E-state index is 12.7. The normalized spacial score (nSPS) is 13.0. The molecule has 3 aromatic carbocycles. The van der Waals surface area contributed by atoms with Crippen LogP contribution in [0, 0.1) is 5.92 Å². The Kier molecular flexibility index (Phi) is 10.9. The maximum Gasteiger partial charge on any atom is 0.280 e. The average molecular weight is 658 g/mol. The fourth-order valence-electron chi connectivity index (χ4n) is 5.30. The van der Waals surface area contributed by atoms with Gasteiger partial charge < -0.3 is 29.2 Å². The zero-order valence-electron chi connectivity index (χ0n) is 27.1. The van der Waals surface area contributed by atoms with Crippen LogP contribution in [0.1, 0.15) is 36.8 Å². The Balaban J connectivity index is 1.50. The Bertz CT molecular complexity index is 1810. The van der Waals surface area contributed by atoms with Gasteiger partial charge in [-0.15, -0.1) is 0 Å². The van der Waals surface area contributed by atoms with Crippen molar-refractivity contribution in [1.29, 1.82) is 0 Å². The first kappa shape index (κ1) is 34.3. The van der Waals surface area contributed by atoms with Crippen molar-refractivity contribution in [2.75, 3.05) is 39.4 Å². The zero-order valence-corrected chi connectivity index (χ0v) is 27.1. The van der Waals surface area contributed by atoms with Crippen LogP contribution in [-0.2, 0) is 19.9 Å². The molecule has 0 aliphatic rings. The molecule has 4 N–H and O–H groups in total. The molecule has 0 aliphatic heterocycles. The number of carbonyl (C=O) groups excluding carboxylic acids is 1. The molecule has 48 heavy (non-hydrogen) atoms. The third kappa shape index (κ3) is 7.09. The van der Waals surface area contributed by atoms with Crippen molar-refractivity contribution in [2.24, 2.45) is 5.92 Å². The van der Waals surface area contributed by atoms with E-state index in [-0.39, 0.29) is 35.5 Å². The van der Waals surface area contributed by atoms with E-state index in [0.29, 0.717) is 11.5 Å². The Hall–Kier alpha value is -5.08.